The Kier molecular flexibility index (Phi) is 4.23. The van der Waals surface area contributed by atoms with Gasteiger partial charge in [-0.3, -0.25) is 4.57 Å². The molecule has 0 aromatic rings. The van der Waals surface area contributed by atoms with Gasteiger partial charge in [-0.05, 0) is 0 Å². The maximum Gasteiger partial charge on any atom is 0.197 e. The number of aliphatic hydroxyl groups excluding tert-OH is 2. The first-order chi connectivity index (χ1) is 7.15. The van der Waals surface area contributed by atoms with Crippen LogP contribution < -0.4 is 0 Å². The molecule has 1 aliphatic rings. The molecule has 0 radical (unpaired) electrons. The fourth-order valence-corrected chi connectivity index (χ4v) is 3.48. The lowest BCUT2D eigenvalue weighted by molar-refractivity contribution is -0.126. The third kappa shape index (κ3) is 2.86. The fourth-order valence-electron chi connectivity index (χ4n) is 2.51. The molecule has 0 aromatic heterocycles. The zero-order valence-corrected chi connectivity index (χ0v) is 11.5. The van der Waals surface area contributed by atoms with Crippen molar-refractivity contribution in [2.24, 2.45) is 17.8 Å². The van der Waals surface area contributed by atoms with E-state index < -0.39 is 19.6 Å². The summed E-state index contributed by atoms with van der Waals surface area (Å²) in [5.41, 5.74) is 0. The van der Waals surface area contributed by atoms with Crippen molar-refractivity contribution in [1.82, 2.24) is 0 Å². The predicted molar refractivity (Wildman–Crippen MR) is 63.8 cm³/mol. The Morgan fingerprint density at radius 1 is 0.938 bits per heavy atom. The quantitative estimate of drug-likeness (QED) is 0.730. The van der Waals surface area contributed by atoms with E-state index in [1.54, 1.807) is 13.3 Å². The van der Waals surface area contributed by atoms with Crippen molar-refractivity contribution < 1.29 is 19.3 Å². The Labute approximate surface area is 97.5 Å². The summed E-state index contributed by atoms with van der Waals surface area (Å²) in [6.45, 7) is 8.70. The third-order valence-electron chi connectivity index (χ3n) is 3.57. The number of hydrogen-bond donors (Lipinski definition) is 2. The standard InChI is InChI=1S/C11H23O4P/c1-6-9(12)7(2)11(8(3)10(6)13)15-16(4,5)14/h6-13H,1-5H3. The summed E-state index contributed by atoms with van der Waals surface area (Å²) in [6, 6.07) is 0. The highest BCUT2D eigenvalue weighted by Gasteiger charge is 2.45. The van der Waals surface area contributed by atoms with Gasteiger partial charge in [-0.1, -0.05) is 20.8 Å². The zero-order valence-electron chi connectivity index (χ0n) is 10.6. The molecule has 1 saturated carbocycles. The average molecular weight is 250 g/mol. The second-order valence-corrected chi connectivity index (χ2v) is 8.10. The SMILES string of the molecule is CC1C(O)C(C)C(OP(C)(C)=O)C(C)C1O. The van der Waals surface area contributed by atoms with Gasteiger partial charge in [0.05, 0.1) is 18.3 Å². The average Bonchev–Trinajstić information content (AvgIpc) is 2.17. The summed E-state index contributed by atoms with van der Waals surface area (Å²) in [5, 5.41) is 19.9. The normalized spacial score (nSPS) is 45.7. The summed E-state index contributed by atoms with van der Waals surface area (Å²) < 4.78 is 17.2. The molecular weight excluding hydrogens is 227 g/mol. The van der Waals surface area contributed by atoms with Crippen LogP contribution in [0.5, 0.6) is 0 Å². The van der Waals surface area contributed by atoms with Gasteiger partial charge in [-0.2, -0.15) is 0 Å². The van der Waals surface area contributed by atoms with Crippen molar-refractivity contribution in [2.45, 2.75) is 39.1 Å². The lowest BCUT2D eigenvalue weighted by atomic mass is 9.71. The summed E-state index contributed by atoms with van der Waals surface area (Å²) in [5.74, 6) is -0.388. The highest BCUT2D eigenvalue weighted by atomic mass is 31.2. The molecule has 0 aliphatic heterocycles. The molecule has 4 nitrogen and oxygen atoms in total. The molecular formula is C11H23O4P. The molecule has 0 aromatic carbocycles. The van der Waals surface area contributed by atoms with Gasteiger partial charge in [0, 0.05) is 31.1 Å². The minimum absolute atomic E-state index is 0.110. The van der Waals surface area contributed by atoms with Crippen molar-refractivity contribution in [3.05, 3.63) is 0 Å². The van der Waals surface area contributed by atoms with Crippen LogP contribution in [0.3, 0.4) is 0 Å². The minimum Gasteiger partial charge on any atom is -0.392 e. The maximum absolute atomic E-state index is 11.7. The Hall–Kier alpha value is 0.110. The summed E-state index contributed by atoms with van der Waals surface area (Å²) in [4.78, 5) is 0. The molecule has 0 saturated heterocycles. The molecule has 4 unspecified atom stereocenters. The van der Waals surface area contributed by atoms with E-state index in [2.05, 4.69) is 0 Å². The van der Waals surface area contributed by atoms with Crippen molar-refractivity contribution in [2.75, 3.05) is 13.3 Å². The van der Waals surface area contributed by atoms with Gasteiger partial charge >= 0.3 is 0 Å². The smallest absolute Gasteiger partial charge is 0.197 e. The first kappa shape index (κ1) is 14.2. The van der Waals surface area contributed by atoms with E-state index >= 15 is 0 Å². The van der Waals surface area contributed by atoms with Gasteiger partial charge in [-0.15, -0.1) is 0 Å². The van der Waals surface area contributed by atoms with Crippen LogP contribution >= 0.6 is 7.37 Å². The van der Waals surface area contributed by atoms with Crippen molar-refractivity contribution >= 4 is 7.37 Å². The first-order valence-corrected chi connectivity index (χ1v) is 8.26. The summed E-state index contributed by atoms with van der Waals surface area (Å²) in [6.07, 6.45) is -1.56. The molecule has 0 heterocycles. The second-order valence-electron chi connectivity index (χ2n) is 5.38. The molecule has 4 atom stereocenters. The monoisotopic (exact) mass is 250 g/mol. The molecule has 1 aliphatic carbocycles. The molecule has 0 bridgehead atoms. The lowest BCUT2D eigenvalue weighted by Crippen LogP contribution is -2.53. The van der Waals surface area contributed by atoms with Crippen molar-refractivity contribution in [3.8, 4) is 0 Å². The van der Waals surface area contributed by atoms with Crippen LogP contribution in [-0.2, 0) is 9.09 Å². The Morgan fingerprint density at radius 3 is 1.62 bits per heavy atom. The molecule has 1 fully saturated rings. The highest BCUT2D eigenvalue weighted by Crippen LogP contribution is 2.46. The van der Waals surface area contributed by atoms with Gasteiger partial charge in [0.15, 0.2) is 7.37 Å². The number of aliphatic hydroxyl groups is 2. The van der Waals surface area contributed by atoms with Gasteiger partial charge in [0.1, 0.15) is 0 Å². The minimum atomic E-state index is -2.60. The van der Waals surface area contributed by atoms with Gasteiger partial charge in [0.2, 0.25) is 0 Å². The van der Waals surface area contributed by atoms with E-state index in [0.717, 1.165) is 0 Å². The fraction of sp³-hybridized carbons (Fsp3) is 1.00. The van der Waals surface area contributed by atoms with E-state index in [0.29, 0.717) is 0 Å². The largest absolute Gasteiger partial charge is 0.392 e. The van der Waals surface area contributed by atoms with Crippen LogP contribution in [0.4, 0.5) is 0 Å². The molecule has 96 valence electrons. The molecule has 0 amide bonds. The van der Waals surface area contributed by atoms with Crippen LogP contribution in [0.15, 0.2) is 0 Å². The van der Waals surface area contributed by atoms with Crippen LogP contribution in [0, 0.1) is 17.8 Å². The Bertz CT molecular complexity index is 272. The van der Waals surface area contributed by atoms with E-state index in [9.17, 15) is 14.8 Å². The summed E-state index contributed by atoms with van der Waals surface area (Å²) in [7, 11) is -2.60. The van der Waals surface area contributed by atoms with Gasteiger partial charge in [-0.25, -0.2) is 0 Å². The van der Waals surface area contributed by atoms with Crippen LogP contribution in [0.2, 0.25) is 0 Å². The molecule has 1 rings (SSSR count). The van der Waals surface area contributed by atoms with E-state index in [4.69, 9.17) is 4.52 Å². The number of hydrogen-bond acceptors (Lipinski definition) is 4. The van der Waals surface area contributed by atoms with E-state index in [1.165, 1.54) is 0 Å². The topological polar surface area (TPSA) is 66.8 Å². The molecule has 0 spiro atoms. The molecule has 2 N–H and O–H groups in total. The van der Waals surface area contributed by atoms with Crippen LogP contribution in [-0.4, -0.2) is 41.9 Å². The van der Waals surface area contributed by atoms with E-state index in [-0.39, 0.29) is 23.9 Å². The van der Waals surface area contributed by atoms with E-state index in [1.807, 2.05) is 20.8 Å². The first-order valence-electron chi connectivity index (χ1n) is 5.74. The number of rotatable bonds is 2. The third-order valence-corrected chi connectivity index (χ3v) is 4.32. The van der Waals surface area contributed by atoms with Crippen LogP contribution in [0.1, 0.15) is 20.8 Å². The zero-order chi connectivity index (χ0) is 12.7. The Morgan fingerprint density at radius 2 is 1.31 bits per heavy atom. The maximum atomic E-state index is 11.7. The van der Waals surface area contributed by atoms with Crippen LogP contribution in [0.25, 0.3) is 0 Å². The highest BCUT2D eigenvalue weighted by molar-refractivity contribution is 7.57. The Balaban J connectivity index is 2.87. The van der Waals surface area contributed by atoms with Gasteiger partial charge < -0.3 is 14.7 Å². The lowest BCUT2D eigenvalue weighted by Gasteiger charge is -2.45. The predicted octanol–water partition coefficient (Wildman–Crippen LogP) is 1.55. The van der Waals surface area contributed by atoms with Gasteiger partial charge in [0.25, 0.3) is 0 Å². The van der Waals surface area contributed by atoms with Crippen molar-refractivity contribution in [1.29, 1.82) is 0 Å². The summed E-state index contributed by atoms with van der Waals surface area (Å²) >= 11 is 0. The molecule has 5 heteroatoms. The van der Waals surface area contributed by atoms with Crippen molar-refractivity contribution in [3.63, 3.8) is 0 Å². The molecule has 16 heavy (non-hydrogen) atoms. The second kappa shape index (κ2) is 4.77.